The summed E-state index contributed by atoms with van der Waals surface area (Å²) in [6.07, 6.45) is 4.04. The second kappa shape index (κ2) is 8.82. The molecule has 0 aromatic heterocycles. The number of carbonyl (C=O) groups is 1. The van der Waals surface area contributed by atoms with E-state index in [-0.39, 0.29) is 5.56 Å². The van der Waals surface area contributed by atoms with E-state index in [2.05, 4.69) is 12.2 Å². The van der Waals surface area contributed by atoms with Crippen molar-refractivity contribution < 1.29 is 14.6 Å². The van der Waals surface area contributed by atoms with Crippen LogP contribution in [-0.2, 0) is 0 Å². The smallest absolute Gasteiger partial charge is 0.277 e. The molecule has 0 aliphatic carbocycles. The van der Waals surface area contributed by atoms with Crippen LogP contribution in [0.15, 0.2) is 18.2 Å². The number of benzene rings is 1. The molecule has 1 amide bonds. The first-order valence-electron chi connectivity index (χ1n) is 7.61. The molecule has 1 N–H and O–H groups in total. The molecule has 23 heavy (non-hydrogen) atoms. The fourth-order valence-corrected chi connectivity index (χ4v) is 2.22. The van der Waals surface area contributed by atoms with Crippen molar-refractivity contribution in [2.75, 3.05) is 6.54 Å². The predicted molar refractivity (Wildman–Crippen MR) is 85.4 cm³/mol. The summed E-state index contributed by atoms with van der Waals surface area (Å²) in [5, 5.41) is 24.4. The van der Waals surface area contributed by atoms with Crippen LogP contribution >= 0.6 is 0 Å². The molecule has 0 saturated heterocycles. The summed E-state index contributed by atoms with van der Waals surface area (Å²) >= 11 is 0. The van der Waals surface area contributed by atoms with Crippen molar-refractivity contribution in [3.05, 3.63) is 44.0 Å². The molecule has 1 aromatic carbocycles. The summed E-state index contributed by atoms with van der Waals surface area (Å²) in [4.78, 5) is 32.3. The Labute approximate surface area is 134 Å². The number of rotatable bonds is 9. The van der Waals surface area contributed by atoms with Gasteiger partial charge < -0.3 is 5.32 Å². The number of carbonyl (C=O) groups excluding carboxylic acids is 1. The van der Waals surface area contributed by atoms with E-state index in [1.807, 2.05) is 6.92 Å². The van der Waals surface area contributed by atoms with Gasteiger partial charge in [-0.2, -0.15) is 0 Å². The van der Waals surface area contributed by atoms with Crippen LogP contribution in [0.1, 0.15) is 49.9 Å². The number of nitro groups is 2. The van der Waals surface area contributed by atoms with Gasteiger partial charge in [-0.05, 0) is 12.3 Å². The van der Waals surface area contributed by atoms with Gasteiger partial charge in [-0.15, -0.1) is 0 Å². The van der Waals surface area contributed by atoms with Gasteiger partial charge in [-0.1, -0.05) is 33.1 Å². The van der Waals surface area contributed by atoms with Crippen LogP contribution in [0.2, 0.25) is 0 Å². The average Bonchev–Trinajstić information content (AvgIpc) is 2.54. The van der Waals surface area contributed by atoms with E-state index in [1.165, 1.54) is 0 Å². The third-order valence-electron chi connectivity index (χ3n) is 3.68. The Morgan fingerprint density at radius 1 is 1.13 bits per heavy atom. The number of nitrogens with one attached hydrogen (secondary N) is 1. The molecule has 8 heteroatoms. The number of hydrogen-bond donors (Lipinski definition) is 1. The van der Waals surface area contributed by atoms with Crippen LogP contribution in [0.4, 0.5) is 11.4 Å². The van der Waals surface area contributed by atoms with Gasteiger partial charge in [0.25, 0.3) is 17.3 Å². The number of nitrogens with zero attached hydrogens (tertiary/aromatic N) is 2. The quantitative estimate of drug-likeness (QED) is 0.552. The lowest BCUT2D eigenvalue weighted by Crippen LogP contribution is -2.29. The molecular formula is C15H21N3O5. The molecule has 1 rings (SSSR count). The summed E-state index contributed by atoms with van der Waals surface area (Å²) in [5.74, 6) is -0.209. The van der Waals surface area contributed by atoms with Crippen molar-refractivity contribution in [2.24, 2.45) is 5.92 Å². The first-order chi connectivity index (χ1) is 10.9. The Bertz CT molecular complexity index is 556. The van der Waals surface area contributed by atoms with Gasteiger partial charge in [0, 0.05) is 18.7 Å². The number of hydrogen-bond acceptors (Lipinski definition) is 5. The molecule has 0 saturated carbocycles. The van der Waals surface area contributed by atoms with Crippen LogP contribution in [0.5, 0.6) is 0 Å². The van der Waals surface area contributed by atoms with Crippen molar-refractivity contribution in [1.29, 1.82) is 0 Å². The van der Waals surface area contributed by atoms with E-state index < -0.39 is 27.1 Å². The minimum Gasteiger partial charge on any atom is -0.352 e. The van der Waals surface area contributed by atoms with Crippen LogP contribution in [0.25, 0.3) is 0 Å². The topological polar surface area (TPSA) is 115 Å². The molecule has 0 aliphatic heterocycles. The van der Waals surface area contributed by atoms with E-state index in [9.17, 15) is 25.0 Å². The third kappa shape index (κ3) is 5.65. The second-order valence-electron chi connectivity index (χ2n) is 5.38. The normalized spacial score (nSPS) is 11.7. The minimum absolute atomic E-state index is 0.0729. The maximum atomic E-state index is 12.1. The zero-order chi connectivity index (χ0) is 17.4. The van der Waals surface area contributed by atoms with E-state index >= 15 is 0 Å². The zero-order valence-electron chi connectivity index (χ0n) is 13.3. The Hall–Kier alpha value is -2.51. The third-order valence-corrected chi connectivity index (χ3v) is 3.68. The largest absolute Gasteiger partial charge is 0.352 e. The van der Waals surface area contributed by atoms with Crippen molar-refractivity contribution in [3.63, 3.8) is 0 Å². The molecule has 1 aromatic rings. The van der Waals surface area contributed by atoms with Gasteiger partial charge in [-0.3, -0.25) is 25.0 Å². The van der Waals surface area contributed by atoms with Crippen LogP contribution in [0.3, 0.4) is 0 Å². The van der Waals surface area contributed by atoms with Crippen LogP contribution in [0, 0.1) is 26.1 Å². The molecule has 0 radical (unpaired) electrons. The highest BCUT2D eigenvalue weighted by atomic mass is 16.6. The van der Waals surface area contributed by atoms with Crippen LogP contribution < -0.4 is 5.32 Å². The molecular weight excluding hydrogens is 302 g/mol. The maximum Gasteiger partial charge on any atom is 0.277 e. The monoisotopic (exact) mass is 323 g/mol. The van der Waals surface area contributed by atoms with Gasteiger partial charge in [0.15, 0.2) is 0 Å². The Kier molecular flexibility index (Phi) is 7.11. The van der Waals surface area contributed by atoms with Crippen molar-refractivity contribution >= 4 is 17.3 Å². The van der Waals surface area contributed by atoms with E-state index in [4.69, 9.17) is 0 Å². The fourth-order valence-electron chi connectivity index (χ4n) is 2.22. The second-order valence-corrected chi connectivity index (χ2v) is 5.38. The lowest BCUT2D eigenvalue weighted by atomic mass is 9.99. The molecule has 0 heterocycles. The Morgan fingerprint density at radius 3 is 2.13 bits per heavy atom. The van der Waals surface area contributed by atoms with E-state index in [1.54, 1.807) is 0 Å². The highest BCUT2D eigenvalue weighted by Crippen LogP contribution is 2.22. The number of amides is 1. The number of nitro benzene ring substituents is 2. The summed E-state index contributed by atoms with van der Waals surface area (Å²) in [6.45, 7) is 4.57. The molecule has 0 aliphatic rings. The highest BCUT2D eigenvalue weighted by molar-refractivity contribution is 5.95. The first-order valence-corrected chi connectivity index (χ1v) is 7.61. The summed E-state index contributed by atoms with van der Waals surface area (Å²) < 4.78 is 0. The maximum absolute atomic E-state index is 12.1. The standard InChI is InChI=1S/C15H21N3O5/c1-3-5-6-11(4-2)10-16-15(19)12-7-13(17(20)21)9-14(8-12)18(22)23/h7-9,11H,3-6,10H2,1-2H3,(H,16,19)/t11-/m0/s1. The fraction of sp³-hybridized carbons (Fsp3) is 0.533. The van der Waals surface area contributed by atoms with E-state index in [0.29, 0.717) is 12.5 Å². The van der Waals surface area contributed by atoms with Gasteiger partial charge in [0.2, 0.25) is 0 Å². The summed E-state index contributed by atoms with van der Waals surface area (Å²) in [7, 11) is 0. The molecule has 0 fully saturated rings. The molecule has 0 bridgehead atoms. The van der Waals surface area contributed by atoms with Crippen LogP contribution in [-0.4, -0.2) is 22.3 Å². The van der Waals surface area contributed by atoms with Crippen molar-refractivity contribution in [1.82, 2.24) is 5.32 Å². The van der Waals surface area contributed by atoms with Gasteiger partial charge in [0.1, 0.15) is 0 Å². The van der Waals surface area contributed by atoms with Gasteiger partial charge in [-0.25, -0.2) is 0 Å². The molecule has 0 spiro atoms. The van der Waals surface area contributed by atoms with Gasteiger partial charge >= 0.3 is 0 Å². The lowest BCUT2D eigenvalue weighted by Gasteiger charge is -2.15. The molecule has 1 atom stereocenters. The lowest BCUT2D eigenvalue weighted by molar-refractivity contribution is -0.394. The SMILES string of the molecule is CCCC[C@H](CC)CNC(=O)c1cc([N+](=O)[O-])cc([N+](=O)[O-])c1. The van der Waals surface area contributed by atoms with Gasteiger partial charge in [0.05, 0.1) is 21.5 Å². The van der Waals surface area contributed by atoms with Crippen molar-refractivity contribution in [2.45, 2.75) is 39.5 Å². The summed E-state index contributed by atoms with van der Waals surface area (Å²) in [6, 6.07) is 2.94. The highest BCUT2D eigenvalue weighted by Gasteiger charge is 2.20. The Balaban J connectivity index is 2.86. The predicted octanol–water partition coefficient (Wildman–Crippen LogP) is 3.45. The number of unbranched alkanes of at least 4 members (excludes halogenated alkanes) is 1. The van der Waals surface area contributed by atoms with Crippen molar-refractivity contribution in [3.8, 4) is 0 Å². The molecule has 0 unspecified atom stereocenters. The minimum atomic E-state index is -0.750. The number of non-ortho nitro benzene ring substituents is 2. The summed E-state index contributed by atoms with van der Waals surface area (Å²) in [5.41, 5.74) is -1.01. The zero-order valence-corrected chi connectivity index (χ0v) is 13.3. The molecule has 8 nitrogen and oxygen atoms in total. The van der Waals surface area contributed by atoms with E-state index in [0.717, 1.165) is 43.9 Å². The molecule has 126 valence electrons. The Morgan fingerprint density at radius 2 is 1.70 bits per heavy atom. The first kappa shape index (κ1) is 18.5. The average molecular weight is 323 g/mol.